The van der Waals surface area contributed by atoms with Crippen molar-refractivity contribution in [2.75, 3.05) is 0 Å². The number of nitrogens with zero attached hydrogens (tertiary/aromatic N) is 1. The SMILES string of the molecule is O=CCn1c2c(ccc1=O)CCC2. The molecule has 0 radical (unpaired) electrons. The van der Waals surface area contributed by atoms with Gasteiger partial charge in [0, 0.05) is 11.8 Å². The molecule has 0 unspecified atom stereocenters. The van der Waals surface area contributed by atoms with Crippen LogP contribution in [0.2, 0.25) is 0 Å². The summed E-state index contributed by atoms with van der Waals surface area (Å²) in [6.45, 7) is 0.196. The number of aryl methyl sites for hydroxylation is 1. The summed E-state index contributed by atoms with van der Waals surface area (Å²) in [4.78, 5) is 21.7. The number of aldehydes is 1. The Morgan fingerprint density at radius 2 is 2.23 bits per heavy atom. The van der Waals surface area contributed by atoms with Crippen LogP contribution in [0.3, 0.4) is 0 Å². The molecule has 3 heteroatoms. The zero-order valence-electron chi connectivity index (χ0n) is 7.32. The molecule has 0 N–H and O–H groups in total. The van der Waals surface area contributed by atoms with Gasteiger partial charge in [0.25, 0.3) is 5.56 Å². The van der Waals surface area contributed by atoms with Gasteiger partial charge in [0.2, 0.25) is 0 Å². The van der Waals surface area contributed by atoms with Crippen molar-refractivity contribution in [3.8, 4) is 0 Å². The lowest BCUT2D eigenvalue weighted by molar-refractivity contribution is -0.108. The van der Waals surface area contributed by atoms with Crippen molar-refractivity contribution in [1.29, 1.82) is 0 Å². The van der Waals surface area contributed by atoms with Gasteiger partial charge in [-0.1, -0.05) is 6.07 Å². The lowest BCUT2D eigenvalue weighted by Gasteiger charge is -2.07. The standard InChI is InChI=1S/C10H11NO2/c12-7-6-11-9-3-1-2-8(9)4-5-10(11)13/h4-5,7H,1-3,6H2. The maximum Gasteiger partial charge on any atom is 0.251 e. The van der Waals surface area contributed by atoms with Crippen LogP contribution in [0.25, 0.3) is 0 Å². The number of carbonyl (C=O) groups is 1. The molecule has 1 aliphatic rings. The second kappa shape index (κ2) is 3.17. The minimum Gasteiger partial charge on any atom is -0.305 e. The van der Waals surface area contributed by atoms with E-state index in [2.05, 4.69) is 0 Å². The van der Waals surface area contributed by atoms with E-state index in [-0.39, 0.29) is 12.1 Å². The fourth-order valence-corrected chi connectivity index (χ4v) is 1.91. The van der Waals surface area contributed by atoms with Crippen molar-refractivity contribution >= 4 is 6.29 Å². The van der Waals surface area contributed by atoms with E-state index in [9.17, 15) is 9.59 Å². The minimum absolute atomic E-state index is 0.0623. The molecule has 0 spiro atoms. The molecule has 0 atom stereocenters. The van der Waals surface area contributed by atoms with E-state index in [1.165, 1.54) is 5.56 Å². The van der Waals surface area contributed by atoms with Crippen LogP contribution in [0.15, 0.2) is 16.9 Å². The first-order valence-electron chi connectivity index (χ1n) is 4.48. The molecule has 2 rings (SSSR count). The Morgan fingerprint density at radius 3 is 3.00 bits per heavy atom. The van der Waals surface area contributed by atoms with E-state index in [0.717, 1.165) is 31.2 Å². The Bertz CT molecular complexity index is 392. The maximum absolute atomic E-state index is 11.4. The lowest BCUT2D eigenvalue weighted by atomic mass is 10.2. The van der Waals surface area contributed by atoms with Gasteiger partial charge in [0.05, 0.1) is 6.54 Å². The van der Waals surface area contributed by atoms with Crippen LogP contribution in [-0.2, 0) is 24.2 Å². The number of aromatic nitrogens is 1. The van der Waals surface area contributed by atoms with Gasteiger partial charge in [-0.2, -0.15) is 0 Å². The van der Waals surface area contributed by atoms with E-state index >= 15 is 0 Å². The molecule has 1 aliphatic carbocycles. The first kappa shape index (κ1) is 8.23. The van der Waals surface area contributed by atoms with Gasteiger partial charge >= 0.3 is 0 Å². The largest absolute Gasteiger partial charge is 0.305 e. The fraction of sp³-hybridized carbons (Fsp3) is 0.400. The summed E-state index contributed by atoms with van der Waals surface area (Å²) >= 11 is 0. The van der Waals surface area contributed by atoms with Gasteiger partial charge in [-0.3, -0.25) is 4.79 Å². The van der Waals surface area contributed by atoms with Crippen molar-refractivity contribution in [1.82, 2.24) is 4.57 Å². The fourth-order valence-electron chi connectivity index (χ4n) is 1.91. The second-order valence-corrected chi connectivity index (χ2v) is 3.27. The molecule has 1 aromatic rings. The highest BCUT2D eigenvalue weighted by Crippen LogP contribution is 2.19. The van der Waals surface area contributed by atoms with Crippen LogP contribution in [0.4, 0.5) is 0 Å². The summed E-state index contributed by atoms with van der Waals surface area (Å²) in [7, 11) is 0. The molecule has 0 saturated heterocycles. The molecule has 0 aromatic carbocycles. The zero-order chi connectivity index (χ0) is 9.26. The molecule has 3 nitrogen and oxygen atoms in total. The Kier molecular flexibility index (Phi) is 2.00. The van der Waals surface area contributed by atoms with Crippen molar-refractivity contribution in [3.63, 3.8) is 0 Å². The normalized spacial score (nSPS) is 14.2. The number of hydrogen-bond donors (Lipinski definition) is 0. The molecule has 68 valence electrons. The predicted molar refractivity (Wildman–Crippen MR) is 48.8 cm³/mol. The quantitative estimate of drug-likeness (QED) is 0.618. The third kappa shape index (κ3) is 1.30. The van der Waals surface area contributed by atoms with Crippen LogP contribution < -0.4 is 5.56 Å². The average molecular weight is 177 g/mol. The topological polar surface area (TPSA) is 39.1 Å². The molecule has 0 fully saturated rings. The molecular formula is C10H11NO2. The number of fused-ring (bicyclic) bond motifs is 1. The van der Waals surface area contributed by atoms with E-state index < -0.39 is 0 Å². The molecule has 0 amide bonds. The van der Waals surface area contributed by atoms with Crippen molar-refractivity contribution in [2.45, 2.75) is 25.8 Å². The average Bonchev–Trinajstić information content (AvgIpc) is 2.58. The Labute approximate surface area is 76.0 Å². The molecule has 1 heterocycles. The summed E-state index contributed by atoms with van der Waals surface area (Å²) in [6, 6.07) is 3.43. The van der Waals surface area contributed by atoms with Crippen molar-refractivity contribution in [2.24, 2.45) is 0 Å². The van der Waals surface area contributed by atoms with Gasteiger partial charge < -0.3 is 9.36 Å². The van der Waals surface area contributed by atoms with Gasteiger partial charge in [-0.25, -0.2) is 0 Å². The first-order valence-corrected chi connectivity index (χ1v) is 4.48. The van der Waals surface area contributed by atoms with Gasteiger partial charge in [-0.15, -0.1) is 0 Å². The molecule has 0 aliphatic heterocycles. The molecule has 13 heavy (non-hydrogen) atoms. The van der Waals surface area contributed by atoms with E-state index in [0.29, 0.717) is 0 Å². The van der Waals surface area contributed by atoms with Gasteiger partial charge in [0.1, 0.15) is 6.29 Å². The second-order valence-electron chi connectivity index (χ2n) is 3.27. The third-order valence-corrected chi connectivity index (χ3v) is 2.51. The minimum atomic E-state index is -0.0623. The summed E-state index contributed by atoms with van der Waals surface area (Å²) in [5.41, 5.74) is 2.22. The smallest absolute Gasteiger partial charge is 0.251 e. The highest BCUT2D eigenvalue weighted by molar-refractivity contribution is 5.49. The lowest BCUT2D eigenvalue weighted by Crippen LogP contribution is -2.23. The third-order valence-electron chi connectivity index (χ3n) is 2.51. The van der Waals surface area contributed by atoms with Crippen LogP contribution >= 0.6 is 0 Å². The van der Waals surface area contributed by atoms with Gasteiger partial charge in [-0.05, 0) is 24.8 Å². The Balaban J connectivity index is 2.58. The highest BCUT2D eigenvalue weighted by Gasteiger charge is 2.14. The van der Waals surface area contributed by atoms with E-state index in [1.807, 2.05) is 6.07 Å². The summed E-state index contributed by atoms with van der Waals surface area (Å²) in [5.74, 6) is 0. The Hall–Kier alpha value is -1.38. The predicted octanol–water partition coefficient (Wildman–Crippen LogP) is 0.536. The number of hydrogen-bond acceptors (Lipinski definition) is 2. The van der Waals surface area contributed by atoms with Gasteiger partial charge in [0.15, 0.2) is 0 Å². The van der Waals surface area contributed by atoms with Crippen LogP contribution in [0.5, 0.6) is 0 Å². The molecule has 0 bridgehead atoms. The first-order chi connectivity index (χ1) is 6.33. The van der Waals surface area contributed by atoms with Crippen LogP contribution in [0, 0.1) is 0 Å². The number of rotatable bonds is 2. The van der Waals surface area contributed by atoms with Crippen molar-refractivity contribution in [3.05, 3.63) is 33.7 Å². The molecule has 0 saturated carbocycles. The maximum atomic E-state index is 11.4. The number of carbonyl (C=O) groups excluding carboxylic acids is 1. The summed E-state index contributed by atoms with van der Waals surface area (Å²) in [5, 5.41) is 0. The van der Waals surface area contributed by atoms with E-state index in [1.54, 1.807) is 10.6 Å². The molecular weight excluding hydrogens is 166 g/mol. The number of pyridine rings is 1. The monoisotopic (exact) mass is 177 g/mol. The zero-order valence-corrected chi connectivity index (χ0v) is 7.32. The molecule has 1 aromatic heterocycles. The van der Waals surface area contributed by atoms with E-state index in [4.69, 9.17) is 0 Å². The van der Waals surface area contributed by atoms with Crippen LogP contribution in [0.1, 0.15) is 17.7 Å². The summed E-state index contributed by atoms with van der Waals surface area (Å²) in [6.07, 6.45) is 3.84. The van der Waals surface area contributed by atoms with Crippen molar-refractivity contribution < 1.29 is 4.79 Å². The Morgan fingerprint density at radius 1 is 1.38 bits per heavy atom. The summed E-state index contributed by atoms with van der Waals surface area (Å²) < 4.78 is 1.58. The van der Waals surface area contributed by atoms with Crippen LogP contribution in [-0.4, -0.2) is 10.9 Å². The highest BCUT2D eigenvalue weighted by atomic mass is 16.1.